The first kappa shape index (κ1) is 16.6. The Labute approximate surface area is 152 Å². The highest BCUT2D eigenvalue weighted by Crippen LogP contribution is 2.32. The second-order valence-corrected chi connectivity index (χ2v) is 6.78. The van der Waals surface area contributed by atoms with E-state index in [0.717, 1.165) is 31.4 Å². The molecule has 4 nitrogen and oxygen atoms in total. The van der Waals surface area contributed by atoms with Crippen molar-refractivity contribution in [2.45, 2.75) is 25.3 Å². The molecule has 132 valence electrons. The van der Waals surface area contributed by atoms with E-state index in [9.17, 15) is 4.79 Å². The van der Waals surface area contributed by atoms with Gasteiger partial charge in [0.15, 0.2) is 0 Å². The number of hydrogen-bond donors (Lipinski definition) is 3. The molecular weight excluding hydrogens is 324 g/mol. The van der Waals surface area contributed by atoms with Crippen LogP contribution in [0.3, 0.4) is 0 Å². The number of H-pyrrole nitrogens is 1. The van der Waals surface area contributed by atoms with Crippen molar-refractivity contribution in [1.29, 1.82) is 0 Å². The molecule has 1 aliphatic carbocycles. The Balaban J connectivity index is 1.39. The molecule has 4 heteroatoms. The zero-order valence-electron chi connectivity index (χ0n) is 14.5. The third-order valence-electron chi connectivity index (χ3n) is 5.12. The minimum atomic E-state index is -0.915. The number of fused-ring (bicyclic) bond motifs is 2. The van der Waals surface area contributed by atoms with E-state index in [4.69, 9.17) is 5.11 Å². The van der Waals surface area contributed by atoms with Gasteiger partial charge < -0.3 is 15.4 Å². The van der Waals surface area contributed by atoms with E-state index in [2.05, 4.69) is 52.9 Å². The number of carboxylic acid groups (broad SMARTS) is 1. The van der Waals surface area contributed by atoms with Crippen LogP contribution in [0.15, 0.2) is 54.7 Å². The Morgan fingerprint density at radius 3 is 3.04 bits per heavy atom. The molecule has 0 aliphatic heterocycles. The first-order chi connectivity index (χ1) is 12.7. The van der Waals surface area contributed by atoms with E-state index >= 15 is 0 Å². The Bertz CT molecular complexity index is 971. The fraction of sp³-hybridized carbons (Fsp3) is 0.227. The van der Waals surface area contributed by atoms with Gasteiger partial charge in [-0.3, -0.25) is 0 Å². The molecule has 0 spiro atoms. The third kappa shape index (κ3) is 3.41. The minimum absolute atomic E-state index is 0.382. The Kier molecular flexibility index (Phi) is 4.59. The highest BCUT2D eigenvalue weighted by atomic mass is 16.4. The molecule has 4 rings (SSSR count). The van der Waals surface area contributed by atoms with Gasteiger partial charge in [-0.1, -0.05) is 36.4 Å². The molecule has 0 saturated heterocycles. The molecule has 0 bridgehead atoms. The minimum Gasteiger partial charge on any atom is -0.478 e. The van der Waals surface area contributed by atoms with Gasteiger partial charge >= 0.3 is 5.97 Å². The van der Waals surface area contributed by atoms with E-state index in [1.165, 1.54) is 33.7 Å². The fourth-order valence-electron chi connectivity index (χ4n) is 3.84. The van der Waals surface area contributed by atoms with Crippen molar-refractivity contribution in [3.05, 3.63) is 77.0 Å². The first-order valence-corrected chi connectivity index (χ1v) is 9.03. The average Bonchev–Trinajstić information content (AvgIpc) is 3.24. The van der Waals surface area contributed by atoms with E-state index in [-0.39, 0.29) is 0 Å². The highest BCUT2D eigenvalue weighted by Gasteiger charge is 2.21. The normalized spacial score (nSPS) is 16.4. The predicted octanol–water partition coefficient (Wildman–Crippen LogP) is 4.09. The van der Waals surface area contributed by atoms with Crippen LogP contribution in [0.1, 0.15) is 34.7 Å². The Hall–Kier alpha value is -2.85. The lowest BCUT2D eigenvalue weighted by Gasteiger charge is -2.14. The smallest absolute Gasteiger partial charge is 0.328 e. The van der Waals surface area contributed by atoms with Crippen LogP contribution >= 0.6 is 0 Å². The zero-order chi connectivity index (χ0) is 17.9. The van der Waals surface area contributed by atoms with Crippen LogP contribution in [0.25, 0.3) is 17.0 Å². The summed E-state index contributed by atoms with van der Waals surface area (Å²) in [6.07, 6.45) is 8.07. The fourth-order valence-corrected chi connectivity index (χ4v) is 3.84. The molecule has 3 aromatic rings. The quantitative estimate of drug-likeness (QED) is 0.589. The lowest BCUT2D eigenvalue weighted by molar-refractivity contribution is -0.131. The monoisotopic (exact) mass is 346 g/mol. The maximum absolute atomic E-state index is 10.7. The number of carbonyl (C=O) groups is 1. The molecule has 1 unspecified atom stereocenters. The van der Waals surface area contributed by atoms with Crippen molar-refractivity contribution in [1.82, 2.24) is 10.3 Å². The summed E-state index contributed by atoms with van der Waals surface area (Å²) < 4.78 is 0. The van der Waals surface area contributed by atoms with E-state index in [1.807, 2.05) is 6.07 Å². The average molecular weight is 346 g/mol. The van der Waals surface area contributed by atoms with Crippen LogP contribution in [-0.2, 0) is 17.6 Å². The van der Waals surface area contributed by atoms with Crippen molar-refractivity contribution in [3.8, 4) is 0 Å². The highest BCUT2D eigenvalue weighted by molar-refractivity contribution is 5.85. The van der Waals surface area contributed by atoms with Gasteiger partial charge in [-0.05, 0) is 60.2 Å². The molecule has 1 heterocycles. The molecule has 2 aromatic carbocycles. The number of aromatic amines is 1. The van der Waals surface area contributed by atoms with Gasteiger partial charge in [0.05, 0.1) is 0 Å². The van der Waals surface area contributed by atoms with Crippen molar-refractivity contribution >= 4 is 22.9 Å². The summed E-state index contributed by atoms with van der Waals surface area (Å²) in [6, 6.07) is 15.0. The van der Waals surface area contributed by atoms with Gasteiger partial charge in [-0.25, -0.2) is 4.79 Å². The largest absolute Gasteiger partial charge is 0.478 e. The van der Waals surface area contributed by atoms with Gasteiger partial charge in [-0.2, -0.15) is 0 Å². The predicted molar refractivity (Wildman–Crippen MR) is 104 cm³/mol. The summed E-state index contributed by atoms with van der Waals surface area (Å²) in [5.41, 5.74) is 6.15. The number of aliphatic carboxylic acids is 1. The lowest BCUT2D eigenvalue weighted by Crippen LogP contribution is -2.21. The summed E-state index contributed by atoms with van der Waals surface area (Å²) in [6.45, 7) is 0.937. The molecule has 3 N–H and O–H groups in total. The summed E-state index contributed by atoms with van der Waals surface area (Å²) in [4.78, 5) is 14.0. The van der Waals surface area contributed by atoms with Crippen molar-refractivity contribution in [2.75, 3.05) is 6.54 Å². The Morgan fingerprint density at radius 1 is 1.27 bits per heavy atom. The van der Waals surface area contributed by atoms with E-state index in [1.54, 1.807) is 6.08 Å². The number of aromatic nitrogens is 1. The van der Waals surface area contributed by atoms with Gasteiger partial charge in [0, 0.05) is 29.2 Å². The van der Waals surface area contributed by atoms with Crippen LogP contribution in [0, 0.1) is 0 Å². The van der Waals surface area contributed by atoms with Crippen LogP contribution in [0.5, 0.6) is 0 Å². The molecule has 0 amide bonds. The van der Waals surface area contributed by atoms with Gasteiger partial charge in [0.25, 0.3) is 0 Å². The van der Waals surface area contributed by atoms with E-state index in [0.29, 0.717) is 6.04 Å². The number of nitrogens with one attached hydrogen (secondary N) is 2. The molecule has 1 aromatic heterocycles. The summed E-state index contributed by atoms with van der Waals surface area (Å²) >= 11 is 0. The zero-order valence-corrected chi connectivity index (χ0v) is 14.5. The maximum atomic E-state index is 10.7. The number of benzene rings is 2. The second-order valence-electron chi connectivity index (χ2n) is 6.78. The number of para-hydroxylation sites is 1. The number of hydrogen-bond acceptors (Lipinski definition) is 2. The van der Waals surface area contributed by atoms with Gasteiger partial charge in [-0.15, -0.1) is 0 Å². The molecule has 0 radical (unpaired) electrons. The van der Waals surface area contributed by atoms with Crippen LogP contribution in [0.4, 0.5) is 0 Å². The van der Waals surface area contributed by atoms with Crippen molar-refractivity contribution in [2.24, 2.45) is 0 Å². The second kappa shape index (κ2) is 7.18. The summed E-state index contributed by atoms with van der Waals surface area (Å²) in [5, 5.41) is 13.7. The SMILES string of the molecule is O=C(O)/C=C/c1ccc2c(c1)CCC2NCCc1c[nH]c2ccccc12. The number of rotatable bonds is 6. The van der Waals surface area contributed by atoms with Crippen LogP contribution in [-0.4, -0.2) is 22.6 Å². The van der Waals surface area contributed by atoms with Crippen molar-refractivity contribution < 1.29 is 9.90 Å². The topological polar surface area (TPSA) is 65.1 Å². The number of aryl methyl sites for hydroxylation is 1. The molecule has 1 atom stereocenters. The van der Waals surface area contributed by atoms with E-state index < -0.39 is 5.97 Å². The van der Waals surface area contributed by atoms with Gasteiger partial charge in [0.2, 0.25) is 0 Å². The lowest BCUT2D eigenvalue weighted by atomic mass is 10.0. The molecule has 1 aliphatic rings. The molecular formula is C22H22N2O2. The third-order valence-corrected chi connectivity index (χ3v) is 5.12. The standard InChI is InChI=1S/C22H22N2O2/c25-22(26)10-6-15-5-8-19-16(13-15)7-9-21(19)23-12-11-17-14-24-20-4-2-1-3-18(17)20/h1-6,8,10,13-14,21,23-24H,7,9,11-12H2,(H,25,26)/b10-6+. The molecule has 0 saturated carbocycles. The summed E-state index contributed by atoms with van der Waals surface area (Å²) in [7, 11) is 0. The van der Waals surface area contributed by atoms with Crippen LogP contribution < -0.4 is 5.32 Å². The maximum Gasteiger partial charge on any atom is 0.328 e. The van der Waals surface area contributed by atoms with Crippen LogP contribution in [0.2, 0.25) is 0 Å². The Morgan fingerprint density at radius 2 is 2.15 bits per heavy atom. The first-order valence-electron chi connectivity index (χ1n) is 9.03. The van der Waals surface area contributed by atoms with Crippen molar-refractivity contribution in [3.63, 3.8) is 0 Å². The molecule has 0 fully saturated rings. The number of carboxylic acids is 1. The summed E-state index contributed by atoms with van der Waals surface area (Å²) in [5.74, 6) is -0.915. The van der Waals surface area contributed by atoms with Gasteiger partial charge in [0.1, 0.15) is 0 Å². The molecule has 26 heavy (non-hydrogen) atoms.